The number of hydrogen-bond acceptors (Lipinski definition) is 5. The third-order valence-electron chi connectivity index (χ3n) is 5.60. The smallest absolute Gasteiger partial charge is 0.256 e. The summed E-state index contributed by atoms with van der Waals surface area (Å²) in [5, 5.41) is 0.479. The van der Waals surface area contributed by atoms with E-state index < -0.39 is 9.84 Å². The van der Waals surface area contributed by atoms with Gasteiger partial charge in [0.15, 0.2) is 0 Å². The number of aryl methyl sites for hydroxylation is 3. The number of para-hydroxylation sites is 1. The van der Waals surface area contributed by atoms with Gasteiger partial charge >= 0.3 is 0 Å². The lowest BCUT2D eigenvalue weighted by Crippen LogP contribution is -2.38. The fraction of sp³-hybridized carbons (Fsp3) is 0.304. The van der Waals surface area contributed by atoms with Crippen LogP contribution in [0.3, 0.4) is 0 Å². The first-order valence-electron chi connectivity index (χ1n) is 9.88. The number of nitrogens with zero attached hydrogens (tertiary/aromatic N) is 2. The van der Waals surface area contributed by atoms with Crippen LogP contribution in [-0.4, -0.2) is 48.8 Å². The van der Waals surface area contributed by atoms with Gasteiger partial charge in [-0.15, -0.1) is 0 Å². The van der Waals surface area contributed by atoms with Crippen LogP contribution in [0.15, 0.2) is 52.4 Å². The molecule has 1 aliphatic rings. The summed E-state index contributed by atoms with van der Waals surface area (Å²) in [5.41, 5.74) is 3.32. The van der Waals surface area contributed by atoms with Crippen LogP contribution in [0, 0.1) is 20.8 Å². The van der Waals surface area contributed by atoms with Gasteiger partial charge in [-0.05, 0) is 49.6 Å². The molecule has 0 aliphatic carbocycles. The van der Waals surface area contributed by atoms with Gasteiger partial charge in [0.1, 0.15) is 0 Å². The fourth-order valence-electron chi connectivity index (χ4n) is 3.83. The summed E-state index contributed by atoms with van der Waals surface area (Å²) in [6, 6.07) is 10.7. The van der Waals surface area contributed by atoms with Crippen molar-refractivity contribution in [2.24, 2.45) is 0 Å². The van der Waals surface area contributed by atoms with E-state index in [2.05, 4.69) is 4.98 Å². The second-order valence-corrected chi connectivity index (χ2v) is 10.7. The Morgan fingerprint density at radius 3 is 2.40 bits per heavy atom. The molecule has 0 N–H and O–H groups in total. The Morgan fingerprint density at radius 2 is 1.67 bits per heavy atom. The van der Waals surface area contributed by atoms with E-state index in [0.717, 1.165) is 22.6 Å². The molecular weight excluding hydrogens is 416 g/mol. The summed E-state index contributed by atoms with van der Waals surface area (Å²) in [7, 11) is -3.94. The van der Waals surface area contributed by atoms with Crippen LogP contribution in [0.5, 0.6) is 0 Å². The first-order chi connectivity index (χ1) is 14.3. The van der Waals surface area contributed by atoms with Crippen LogP contribution in [0.1, 0.15) is 27.0 Å². The van der Waals surface area contributed by atoms with Crippen molar-refractivity contribution >= 4 is 38.4 Å². The molecule has 5 nitrogen and oxygen atoms in total. The molecule has 0 spiro atoms. The van der Waals surface area contributed by atoms with E-state index in [1.807, 2.05) is 26.0 Å². The zero-order valence-electron chi connectivity index (χ0n) is 17.3. The van der Waals surface area contributed by atoms with Crippen LogP contribution in [0.4, 0.5) is 0 Å². The van der Waals surface area contributed by atoms with Crippen molar-refractivity contribution in [2.75, 3.05) is 24.6 Å². The lowest BCUT2D eigenvalue weighted by atomic mass is 10.1. The summed E-state index contributed by atoms with van der Waals surface area (Å²) in [6.45, 7) is 6.88. The Hall–Kier alpha value is -2.38. The normalized spacial score (nSPS) is 14.8. The average molecular weight is 441 g/mol. The van der Waals surface area contributed by atoms with Crippen molar-refractivity contribution in [1.82, 2.24) is 9.88 Å². The summed E-state index contributed by atoms with van der Waals surface area (Å²) < 4.78 is 27.9. The van der Waals surface area contributed by atoms with E-state index in [9.17, 15) is 13.2 Å². The molecule has 0 radical (unpaired) electrons. The number of aromatic nitrogens is 1. The fourth-order valence-corrected chi connectivity index (χ4v) is 6.66. The largest absolute Gasteiger partial charge is 0.337 e. The van der Waals surface area contributed by atoms with Gasteiger partial charge in [0.25, 0.3) is 5.91 Å². The van der Waals surface area contributed by atoms with Gasteiger partial charge in [-0.2, -0.15) is 11.8 Å². The summed E-state index contributed by atoms with van der Waals surface area (Å²) in [6.07, 6.45) is 1.43. The zero-order valence-corrected chi connectivity index (χ0v) is 18.9. The predicted octanol–water partition coefficient (Wildman–Crippen LogP) is 4.18. The van der Waals surface area contributed by atoms with Crippen molar-refractivity contribution < 1.29 is 13.2 Å². The van der Waals surface area contributed by atoms with Crippen molar-refractivity contribution in [3.8, 4) is 0 Å². The first kappa shape index (κ1) is 20.9. The summed E-state index contributed by atoms with van der Waals surface area (Å²) in [4.78, 5) is 19.8. The minimum atomic E-state index is -3.94. The lowest BCUT2D eigenvalue weighted by Gasteiger charge is -2.27. The van der Waals surface area contributed by atoms with Crippen LogP contribution in [0.25, 0.3) is 10.9 Å². The third kappa shape index (κ3) is 3.61. The minimum absolute atomic E-state index is 0.0580. The third-order valence-corrected chi connectivity index (χ3v) is 8.54. The molecular formula is C23H24N2O3S2. The molecule has 0 unspecified atom stereocenters. The second-order valence-electron chi connectivity index (χ2n) is 7.63. The molecule has 1 amide bonds. The Kier molecular flexibility index (Phi) is 5.59. The number of benzene rings is 2. The van der Waals surface area contributed by atoms with Crippen molar-refractivity contribution in [3.63, 3.8) is 0 Å². The number of rotatable bonds is 3. The molecule has 0 saturated carbocycles. The number of thioether (sulfide) groups is 1. The maximum absolute atomic E-state index is 13.9. The summed E-state index contributed by atoms with van der Waals surface area (Å²) in [5.74, 6) is 1.43. The highest BCUT2D eigenvalue weighted by molar-refractivity contribution is 7.99. The zero-order chi connectivity index (χ0) is 21.5. The molecule has 156 valence electrons. The van der Waals surface area contributed by atoms with Crippen LogP contribution in [0.2, 0.25) is 0 Å². The maximum Gasteiger partial charge on any atom is 0.256 e. The number of hydrogen-bond donors (Lipinski definition) is 0. The van der Waals surface area contributed by atoms with Gasteiger partial charge < -0.3 is 4.90 Å². The Bertz CT molecular complexity index is 1250. The van der Waals surface area contributed by atoms with Crippen molar-refractivity contribution in [1.29, 1.82) is 0 Å². The van der Waals surface area contributed by atoms with E-state index in [-0.39, 0.29) is 21.3 Å². The number of amides is 1. The molecule has 3 aromatic rings. The van der Waals surface area contributed by atoms with Gasteiger partial charge in [-0.1, -0.05) is 24.3 Å². The predicted molar refractivity (Wildman–Crippen MR) is 121 cm³/mol. The van der Waals surface area contributed by atoms with E-state index in [1.54, 1.807) is 47.9 Å². The number of fused-ring (bicyclic) bond motifs is 1. The molecule has 0 bridgehead atoms. The van der Waals surface area contributed by atoms with Gasteiger partial charge in [-0.25, -0.2) is 8.42 Å². The van der Waals surface area contributed by atoms with Crippen molar-refractivity contribution in [3.05, 3.63) is 64.8 Å². The van der Waals surface area contributed by atoms with Gasteiger partial charge in [0, 0.05) is 36.2 Å². The molecule has 2 heterocycles. The van der Waals surface area contributed by atoms with E-state index in [0.29, 0.717) is 29.6 Å². The summed E-state index contributed by atoms with van der Waals surface area (Å²) >= 11 is 1.80. The molecule has 4 rings (SSSR count). The standard InChI is InChI=1S/C23H24N2O3S2/c1-15-12-17(3)21(13-16(15)2)30(27,28)22-18-6-4-5-7-20(18)24-14-19(22)23(26)25-8-10-29-11-9-25/h4-7,12-14H,8-11H2,1-3H3. The highest BCUT2D eigenvalue weighted by atomic mass is 32.2. The monoisotopic (exact) mass is 440 g/mol. The van der Waals surface area contributed by atoms with Crippen molar-refractivity contribution in [2.45, 2.75) is 30.6 Å². The second kappa shape index (κ2) is 8.04. The minimum Gasteiger partial charge on any atom is -0.337 e. The molecule has 2 aromatic carbocycles. The SMILES string of the molecule is Cc1cc(C)c(S(=O)(=O)c2c(C(=O)N3CCSCC3)cnc3ccccc23)cc1C. The Morgan fingerprint density at radius 1 is 1.00 bits per heavy atom. The number of sulfone groups is 1. The number of carbonyl (C=O) groups is 1. The van der Waals surface area contributed by atoms with Crippen LogP contribution >= 0.6 is 11.8 Å². The van der Waals surface area contributed by atoms with E-state index >= 15 is 0 Å². The average Bonchev–Trinajstić information content (AvgIpc) is 2.75. The molecule has 7 heteroatoms. The molecule has 1 fully saturated rings. The maximum atomic E-state index is 13.9. The first-order valence-corrected chi connectivity index (χ1v) is 12.5. The van der Waals surface area contributed by atoms with E-state index in [1.165, 1.54) is 6.20 Å². The quantitative estimate of drug-likeness (QED) is 0.611. The number of carbonyl (C=O) groups excluding carboxylic acids is 1. The van der Waals surface area contributed by atoms with Crippen LogP contribution in [-0.2, 0) is 9.84 Å². The van der Waals surface area contributed by atoms with Gasteiger partial charge in [0.2, 0.25) is 9.84 Å². The van der Waals surface area contributed by atoms with E-state index in [4.69, 9.17) is 0 Å². The molecule has 0 atom stereocenters. The Balaban J connectivity index is 1.99. The lowest BCUT2D eigenvalue weighted by molar-refractivity contribution is 0.0768. The Labute approximate surface area is 181 Å². The van der Waals surface area contributed by atoms with Gasteiger partial charge in [-0.3, -0.25) is 9.78 Å². The topological polar surface area (TPSA) is 67.3 Å². The molecule has 1 aliphatic heterocycles. The molecule has 30 heavy (non-hydrogen) atoms. The van der Waals surface area contributed by atoms with Crippen LogP contribution < -0.4 is 0 Å². The molecule has 1 aromatic heterocycles. The highest BCUT2D eigenvalue weighted by Crippen LogP contribution is 2.34. The number of pyridine rings is 1. The molecule has 1 saturated heterocycles. The highest BCUT2D eigenvalue weighted by Gasteiger charge is 2.31. The van der Waals surface area contributed by atoms with Gasteiger partial charge in [0.05, 0.1) is 20.9 Å².